The largest absolute Gasteiger partial charge is 0.462 e. The molecular weight excluding hydrogens is 544 g/mol. The van der Waals surface area contributed by atoms with E-state index in [4.69, 9.17) is 9.47 Å². The first kappa shape index (κ1) is 40.2. The van der Waals surface area contributed by atoms with Crippen LogP contribution in [0, 0.1) is 23.7 Å². The molecule has 4 nitrogen and oxygen atoms in total. The number of hydrogen-bond donors (Lipinski definition) is 0. The lowest BCUT2D eigenvalue weighted by Crippen LogP contribution is -2.20. The molecule has 1 aromatic rings. The van der Waals surface area contributed by atoms with Gasteiger partial charge in [0.05, 0.1) is 24.3 Å². The molecule has 0 saturated heterocycles. The van der Waals surface area contributed by atoms with Gasteiger partial charge in [-0.25, -0.2) is 9.59 Å². The fourth-order valence-electron chi connectivity index (χ4n) is 7.00. The van der Waals surface area contributed by atoms with Crippen molar-refractivity contribution < 1.29 is 19.1 Å². The summed E-state index contributed by atoms with van der Waals surface area (Å²) in [5.41, 5.74) is 0.640. The van der Waals surface area contributed by atoms with Crippen molar-refractivity contribution in [2.45, 2.75) is 170 Å². The van der Waals surface area contributed by atoms with E-state index in [-0.39, 0.29) is 0 Å². The summed E-state index contributed by atoms with van der Waals surface area (Å²) < 4.78 is 11.6. The zero-order valence-corrected chi connectivity index (χ0v) is 29.8. The van der Waals surface area contributed by atoms with Crippen LogP contribution in [0.4, 0.5) is 0 Å². The second kappa shape index (κ2) is 26.4. The first-order valence-corrected chi connectivity index (χ1v) is 18.9. The van der Waals surface area contributed by atoms with Gasteiger partial charge in [0.1, 0.15) is 0 Å². The molecule has 0 bridgehead atoms. The van der Waals surface area contributed by atoms with Crippen LogP contribution in [0.1, 0.15) is 191 Å². The zero-order valence-electron chi connectivity index (χ0n) is 29.8. The summed E-state index contributed by atoms with van der Waals surface area (Å²) in [6.45, 7) is 14.4. The first-order chi connectivity index (χ1) is 21.5. The van der Waals surface area contributed by atoms with Gasteiger partial charge in [-0.05, 0) is 48.6 Å². The predicted molar refractivity (Wildman–Crippen MR) is 187 cm³/mol. The van der Waals surface area contributed by atoms with E-state index in [1.807, 2.05) is 0 Å². The fraction of sp³-hybridized carbons (Fsp3) is 0.800. The van der Waals surface area contributed by atoms with Crippen molar-refractivity contribution in [1.82, 2.24) is 0 Å². The number of benzene rings is 1. The summed E-state index contributed by atoms with van der Waals surface area (Å²) >= 11 is 0. The van der Waals surface area contributed by atoms with E-state index in [1.54, 1.807) is 24.3 Å². The van der Waals surface area contributed by atoms with Crippen molar-refractivity contribution >= 4 is 11.9 Å². The van der Waals surface area contributed by atoms with Gasteiger partial charge in [-0.2, -0.15) is 0 Å². The maximum atomic E-state index is 13.2. The van der Waals surface area contributed by atoms with E-state index in [0.717, 1.165) is 12.8 Å². The van der Waals surface area contributed by atoms with Crippen molar-refractivity contribution in [3.05, 3.63) is 35.4 Å². The average Bonchev–Trinajstić information content (AvgIpc) is 3.04. The first-order valence-electron chi connectivity index (χ1n) is 18.9. The van der Waals surface area contributed by atoms with Crippen molar-refractivity contribution in [2.24, 2.45) is 23.7 Å². The Labute approximate surface area is 272 Å². The molecule has 0 aliphatic carbocycles. The SMILES string of the molecule is CCCCCC(CC)C(CCCCC)CCOC(=O)c1ccccc1C(=O)OCCC(CCCCC)C(CC)CCCCC. The van der Waals surface area contributed by atoms with Crippen LogP contribution in [0.3, 0.4) is 0 Å². The molecule has 44 heavy (non-hydrogen) atoms. The zero-order chi connectivity index (χ0) is 32.4. The van der Waals surface area contributed by atoms with E-state index in [2.05, 4.69) is 41.5 Å². The molecule has 0 fully saturated rings. The fourth-order valence-corrected chi connectivity index (χ4v) is 7.00. The molecule has 4 atom stereocenters. The Morgan fingerprint density at radius 3 is 1.09 bits per heavy atom. The summed E-state index contributed by atoms with van der Waals surface area (Å²) in [6, 6.07) is 7.00. The molecule has 0 aliphatic heterocycles. The van der Waals surface area contributed by atoms with Crippen molar-refractivity contribution in [2.75, 3.05) is 13.2 Å². The van der Waals surface area contributed by atoms with Crippen molar-refractivity contribution in [1.29, 1.82) is 0 Å². The Bertz CT molecular complexity index is 781. The van der Waals surface area contributed by atoms with Crippen molar-refractivity contribution in [3.8, 4) is 0 Å². The number of rotatable bonds is 28. The Hall–Kier alpha value is -1.84. The molecular formula is C40H70O4. The van der Waals surface area contributed by atoms with Crippen LogP contribution in [-0.4, -0.2) is 25.2 Å². The third-order valence-corrected chi connectivity index (χ3v) is 9.91. The third kappa shape index (κ3) is 16.5. The molecule has 1 rings (SSSR count). The van der Waals surface area contributed by atoms with Gasteiger partial charge < -0.3 is 9.47 Å². The second-order valence-corrected chi connectivity index (χ2v) is 13.2. The summed E-state index contributed by atoms with van der Waals surface area (Å²) in [7, 11) is 0. The number of carbonyl (C=O) groups is 2. The van der Waals surface area contributed by atoms with Crippen LogP contribution in [-0.2, 0) is 9.47 Å². The minimum atomic E-state index is -0.414. The Morgan fingerprint density at radius 2 is 0.795 bits per heavy atom. The monoisotopic (exact) mass is 615 g/mol. The van der Waals surface area contributed by atoms with Gasteiger partial charge in [0.15, 0.2) is 0 Å². The van der Waals surface area contributed by atoms with Gasteiger partial charge >= 0.3 is 11.9 Å². The molecule has 0 radical (unpaired) electrons. The molecule has 4 unspecified atom stereocenters. The molecule has 0 heterocycles. The molecule has 254 valence electrons. The summed E-state index contributed by atoms with van der Waals surface area (Å²) in [4.78, 5) is 26.4. The van der Waals surface area contributed by atoms with E-state index >= 15 is 0 Å². The van der Waals surface area contributed by atoms with Gasteiger partial charge in [-0.15, -0.1) is 0 Å². The lowest BCUT2D eigenvalue weighted by molar-refractivity contribution is 0.0415. The van der Waals surface area contributed by atoms with Gasteiger partial charge in [0.25, 0.3) is 0 Å². The standard InChI is InChI=1S/C40H70O4/c1-7-13-17-23-33(11-5)35(25-19-15-9-3)29-31-43-39(41)37-27-21-22-28-38(37)40(42)44-32-30-36(26-20-16-10-4)34(12-6)24-18-14-8-2/h21-22,27-28,33-36H,7-20,23-26,29-32H2,1-6H3. The van der Waals surface area contributed by atoms with Gasteiger partial charge in [0, 0.05) is 0 Å². The second-order valence-electron chi connectivity index (χ2n) is 13.2. The number of unbranched alkanes of at least 4 members (excludes halogenated alkanes) is 8. The summed E-state index contributed by atoms with van der Waals surface area (Å²) in [5, 5.41) is 0. The Morgan fingerprint density at radius 1 is 0.477 bits per heavy atom. The van der Waals surface area contributed by atoms with E-state index < -0.39 is 11.9 Å². The number of carbonyl (C=O) groups excluding carboxylic acids is 2. The maximum Gasteiger partial charge on any atom is 0.339 e. The molecule has 0 spiro atoms. The van der Waals surface area contributed by atoms with E-state index in [1.165, 1.54) is 116 Å². The minimum Gasteiger partial charge on any atom is -0.462 e. The predicted octanol–water partition coefficient (Wildman–Crippen LogP) is 12.4. The molecule has 0 N–H and O–H groups in total. The quantitative estimate of drug-likeness (QED) is 0.0696. The topological polar surface area (TPSA) is 52.6 Å². The van der Waals surface area contributed by atoms with Crippen LogP contribution in [0.15, 0.2) is 24.3 Å². The van der Waals surface area contributed by atoms with Crippen LogP contribution in [0.5, 0.6) is 0 Å². The van der Waals surface area contributed by atoms with Crippen LogP contribution in [0.2, 0.25) is 0 Å². The lowest BCUT2D eigenvalue weighted by atomic mass is 9.80. The molecule has 0 amide bonds. The maximum absolute atomic E-state index is 13.2. The smallest absolute Gasteiger partial charge is 0.339 e. The van der Waals surface area contributed by atoms with Crippen LogP contribution < -0.4 is 0 Å². The molecule has 0 saturated carbocycles. The molecule has 0 aliphatic rings. The highest BCUT2D eigenvalue weighted by Gasteiger charge is 2.24. The van der Waals surface area contributed by atoms with Gasteiger partial charge in [-0.3, -0.25) is 0 Å². The summed E-state index contributed by atoms with van der Waals surface area (Å²) in [6.07, 6.45) is 24.2. The molecule has 4 heteroatoms. The Balaban J connectivity index is 2.79. The highest BCUT2D eigenvalue weighted by Crippen LogP contribution is 2.31. The van der Waals surface area contributed by atoms with Gasteiger partial charge in [-0.1, -0.05) is 169 Å². The van der Waals surface area contributed by atoms with Crippen LogP contribution >= 0.6 is 0 Å². The average molecular weight is 615 g/mol. The van der Waals surface area contributed by atoms with Crippen LogP contribution in [0.25, 0.3) is 0 Å². The van der Waals surface area contributed by atoms with Gasteiger partial charge in [0.2, 0.25) is 0 Å². The molecule has 0 aromatic heterocycles. The highest BCUT2D eigenvalue weighted by atomic mass is 16.5. The Kier molecular flexibility index (Phi) is 24.1. The highest BCUT2D eigenvalue weighted by molar-refractivity contribution is 6.03. The number of hydrogen-bond acceptors (Lipinski definition) is 4. The van der Waals surface area contributed by atoms with E-state index in [9.17, 15) is 9.59 Å². The van der Waals surface area contributed by atoms with Crippen molar-refractivity contribution in [3.63, 3.8) is 0 Å². The summed E-state index contributed by atoms with van der Waals surface area (Å²) in [5.74, 6) is 1.70. The minimum absolute atomic E-state index is 0.320. The number of ether oxygens (including phenoxy) is 2. The third-order valence-electron chi connectivity index (χ3n) is 9.91. The number of esters is 2. The normalized spacial score (nSPS) is 14.1. The van der Waals surface area contributed by atoms with E-state index in [0.29, 0.717) is 48.0 Å². The lowest BCUT2D eigenvalue weighted by Gasteiger charge is -2.27. The molecule has 1 aromatic carbocycles.